The topological polar surface area (TPSA) is 122 Å². The molecule has 1 saturated heterocycles. The number of halogens is 1. The van der Waals surface area contributed by atoms with Gasteiger partial charge in [-0.15, -0.1) is 0 Å². The number of carbonyl (C=O) groups excluding carboxylic acids is 3. The highest BCUT2D eigenvalue weighted by atomic mass is 127. The fourth-order valence-electron chi connectivity index (χ4n) is 3.91. The molecule has 0 radical (unpaired) electrons. The number of imide groups is 2. The van der Waals surface area contributed by atoms with Gasteiger partial charge in [-0.1, -0.05) is 31.2 Å². The van der Waals surface area contributed by atoms with Crippen molar-refractivity contribution in [2.24, 2.45) is 0 Å². The van der Waals surface area contributed by atoms with Crippen molar-refractivity contribution in [1.82, 2.24) is 5.32 Å². The molecule has 1 heterocycles. The monoisotopic (exact) mass is 640 g/mol. The molecule has 1 aliphatic rings. The van der Waals surface area contributed by atoms with Gasteiger partial charge in [0.2, 0.25) is 0 Å². The van der Waals surface area contributed by atoms with Crippen molar-refractivity contribution < 1.29 is 33.8 Å². The van der Waals surface area contributed by atoms with Crippen molar-refractivity contribution in [3.63, 3.8) is 0 Å². The number of nitrogens with zero attached hydrogens (tertiary/aromatic N) is 1. The van der Waals surface area contributed by atoms with Crippen LogP contribution < -0.4 is 19.7 Å². The number of urea groups is 1. The maximum atomic E-state index is 13.3. The lowest BCUT2D eigenvalue weighted by Crippen LogP contribution is -2.54. The van der Waals surface area contributed by atoms with E-state index in [-0.39, 0.29) is 17.7 Å². The van der Waals surface area contributed by atoms with E-state index in [9.17, 15) is 19.2 Å². The van der Waals surface area contributed by atoms with Crippen molar-refractivity contribution in [3.8, 4) is 11.5 Å². The molecule has 0 spiro atoms. The number of anilines is 1. The summed E-state index contributed by atoms with van der Waals surface area (Å²) < 4.78 is 12.5. The van der Waals surface area contributed by atoms with Crippen molar-refractivity contribution >= 4 is 58.2 Å². The van der Waals surface area contributed by atoms with Crippen molar-refractivity contribution in [3.05, 3.63) is 92.1 Å². The lowest BCUT2D eigenvalue weighted by atomic mass is 10.1. The van der Waals surface area contributed by atoms with Gasteiger partial charge in [0.15, 0.2) is 11.5 Å². The summed E-state index contributed by atoms with van der Waals surface area (Å²) in [5.74, 6) is -1.65. The Balaban J connectivity index is 1.62. The Morgan fingerprint density at radius 1 is 0.974 bits per heavy atom. The maximum Gasteiger partial charge on any atom is 0.335 e. The minimum absolute atomic E-state index is 0.172. The van der Waals surface area contributed by atoms with E-state index >= 15 is 0 Å². The summed E-state index contributed by atoms with van der Waals surface area (Å²) in [7, 11) is 0. The Morgan fingerprint density at radius 3 is 2.26 bits per heavy atom. The zero-order chi connectivity index (χ0) is 28.1. The van der Waals surface area contributed by atoms with E-state index in [0.29, 0.717) is 32.9 Å². The molecule has 3 aromatic rings. The molecule has 2 N–H and O–H groups in total. The normalized spacial score (nSPS) is 14.4. The van der Waals surface area contributed by atoms with Crippen LogP contribution in [0, 0.1) is 3.57 Å². The molecule has 0 unspecified atom stereocenters. The summed E-state index contributed by atoms with van der Waals surface area (Å²) in [5, 5.41) is 11.3. The van der Waals surface area contributed by atoms with E-state index in [1.165, 1.54) is 18.2 Å². The number of barbiturate groups is 1. The SMILES string of the molecule is CCOc1cc(/C=C2/C(=O)NC(=O)N(c3ccc(CC)cc3)C2=O)cc(I)c1OCc1ccc(C(=O)O)cc1. The van der Waals surface area contributed by atoms with Gasteiger partial charge >= 0.3 is 12.0 Å². The van der Waals surface area contributed by atoms with Gasteiger partial charge in [0.1, 0.15) is 12.2 Å². The number of rotatable bonds is 9. The summed E-state index contributed by atoms with van der Waals surface area (Å²) in [5.41, 5.74) is 2.67. The van der Waals surface area contributed by atoms with Crippen LogP contribution in [0.4, 0.5) is 10.5 Å². The molecule has 0 saturated carbocycles. The number of aryl methyl sites for hydroxylation is 1. The standard InChI is InChI=1S/C29H25IN2O7/c1-3-17-7-11-21(12-8-17)32-27(34)22(26(33)31-29(32)37)13-19-14-23(30)25(24(15-19)38-4-2)39-16-18-5-9-20(10-6-18)28(35)36/h5-15H,3-4,16H2,1-2H3,(H,35,36)(H,31,33,37)/b22-13-. The summed E-state index contributed by atoms with van der Waals surface area (Å²) >= 11 is 2.07. The minimum atomic E-state index is -1.01. The Hall–Kier alpha value is -4.19. The fraction of sp³-hybridized carbons (Fsp3) is 0.172. The summed E-state index contributed by atoms with van der Waals surface area (Å²) in [6.45, 7) is 4.33. The fourth-order valence-corrected chi connectivity index (χ4v) is 4.69. The van der Waals surface area contributed by atoms with E-state index in [1.54, 1.807) is 36.4 Å². The Morgan fingerprint density at radius 2 is 1.64 bits per heavy atom. The predicted octanol–water partition coefficient (Wildman–Crippen LogP) is 5.20. The lowest BCUT2D eigenvalue weighted by Gasteiger charge is -2.26. The molecule has 0 bridgehead atoms. The third kappa shape index (κ3) is 6.28. The number of hydrogen-bond acceptors (Lipinski definition) is 6. The highest BCUT2D eigenvalue weighted by Gasteiger charge is 2.36. The van der Waals surface area contributed by atoms with Crippen LogP contribution >= 0.6 is 22.6 Å². The van der Waals surface area contributed by atoms with Crippen molar-refractivity contribution in [1.29, 1.82) is 0 Å². The van der Waals surface area contributed by atoms with Crippen LogP contribution in [0.5, 0.6) is 11.5 Å². The molecule has 10 heteroatoms. The Bertz CT molecular complexity index is 1460. The number of amides is 4. The van der Waals surface area contributed by atoms with Crippen molar-refractivity contribution in [2.45, 2.75) is 26.9 Å². The molecule has 4 amide bonds. The highest BCUT2D eigenvalue weighted by molar-refractivity contribution is 14.1. The molecule has 0 aliphatic carbocycles. The van der Waals surface area contributed by atoms with Crippen LogP contribution in [0.15, 0.2) is 66.2 Å². The molecule has 0 aromatic heterocycles. The van der Waals surface area contributed by atoms with Gasteiger partial charge in [0, 0.05) is 0 Å². The minimum Gasteiger partial charge on any atom is -0.490 e. The third-order valence-corrected chi connectivity index (χ3v) is 6.73. The quantitative estimate of drug-likeness (QED) is 0.188. The van der Waals surface area contributed by atoms with Crippen molar-refractivity contribution in [2.75, 3.05) is 11.5 Å². The summed E-state index contributed by atoms with van der Waals surface area (Å²) in [4.78, 5) is 50.5. The molecule has 4 rings (SSSR count). The van der Waals surface area contributed by atoms with E-state index in [1.807, 2.05) is 26.0 Å². The molecule has 1 aliphatic heterocycles. The number of nitrogens with one attached hydrogen (secondary N) is 1. The van der Waals surface area contributed by atoms with Crippen LogP contribution in [-0.4, -0.2) is 35.5 Å². The van der Waals surface area contributed by atoms with E-state index in [0.717, 1.165) is 22.4 Å². The second kappa shape index (κ2) is 12.1. The second-order valence-electron chi connectivity index (χ2n) is 8.53. The number of carboxylic acids is 1. The largest absolute Gasteiger partial charge is 0.490 e. The molecule has 1 fully saturated rings. The van der Waals surface area contributed by atoms with Gasteiger partial charge in [-0.05, 0) is 95.1 Å². The van der Waals surface area contributed by atoms with Gasteiger partial charge in [-0.3, -0.25) is 14.9 Å². The van der Waals surface area contributed by atoms with E-state index in [2.05, 4.69) is 27.9 Å². The van der Waals surface area contributed by atoms with Gasteiger partial charge in [-0.25, -0.2) is 14.5 Å². The van der Waals surface area contributed by atoms with Crippen LogP contribution in [0.2, 0.25) is 0 Å². The third-order valence-electron chi connectivity index (χ3n) is 5.93. The molecule has 9 nitrogen and oxygen atoms in total. The number of carboxylic acid groups (broad SMARTS) is 1. The zero-order valence-corrected chi connectivity index (χ0v) is 23.4. The Kier molecular flexibility index (Phi) is 8.65. The first-order valence-corrected chi connectivity index (χ1v) is 13.2. The van der Waals surface area contributed by atoms with Gasteiger partial charge in [0.05, 0.1) is 21.4 Å². The first-order chi connectivity index (χ1) is 18.7. The summed E-state index contributed by atoms with van der Waals surface area (Å²) in [6.07, 6.45) is 2.22. The molecular weight excluding hydrogens is 615 g/mol. The van der Waals surface area contributed by atoms with Gasteiger partial charge in [0.25, 0.3) is 11.8 Å². The average molecular weight is 640 g/mol. The van der Waals surface area contributed by atoms with Gasteiger partial charge in [-0.2, -0.15) is 0 Å². The molecule has 0 atom stereocenters. The highest BCUT2D eigenvalue weighted by Crippen LogP contribution is 2.36. The lowest BCUT2D eigenvalue weighted by molar-refractivity contribution is -0.122. The Labute approximate surface area is 238 Å². The molecule has 39 heavy (non-hydrogen) atoms. The smallest absolute Gasteiger partial charge is 0.335 e. The molecule has 200 valence electrons. The van der Waals surface area contributed by atoms with Crippen LogP contribution in [0.3, 0.4) is 0 Å². The first-order valence-electron chi connectivity index (χ1n) is 12.1. The second-order valence-corrected chi connectivity index (χ2v) is 9.69. The molecule has 3 aromatic carbocycles. The van der Waals surface area contributed by atoms with Crippen LogP contribution in [0.25, 0.3) is 6.08 Å². The first kappa shape index (κ1) is 27.8. The zero-order valence-electron chi connectivity index (χ0n) is 21.2. The number of benzene rings is 3. The number of hydrogen-bond donors (Lipinski definition) is 2. The molecular formula is C29H25IN2O7. The average Bonchev–Trinajstić information content (AvgIpc) is 2.91. The van der Waals surface area contributed by atoms with Crippen LogP contribution in [0.1, 0.15) is 40.9 Å². The van der Waals surface area contributed by atoms with E-state index in [4.69, 9.17) is 14.6 Å². The number of ether oxygens (including phenoxy) is 2. The van der Waals surface area contributed by atoms with E-state index < -0.39 is 23.8 Å². The van der Waals surface area contributed by atoms with Gasteiger partial charge < -0.3 is 14.6 Å². The number of aromatic carboxylic acids is 1. The number of carbonyl (C=O) groups is 4. The summed E-state index contributed by atoms with van der Waals surface area (Å²) in [6, 6.07) is 15.9. The van der Waals surface area contributed by atoms with Crippen LogP contribution in [-0.2, 0) is 22.6 Å². The maximum absolute atomic E-state index is 13.3. The predicted molar refractivity (Wildman–Crippen MR) is 153 cm³/mol.